The maximum absolute atomic E-state index is 12.6. The van der Waals surface area contributed by atoms with Gasteiger partial charge in [0.25, 0.3) is 0 Å². The molecule has 0 N–H and O–H groups in total. The Morgan fingerprint density at radius 2 is 1.47 bits per heavy atom. The molecule has 2 atom stereocenters. The third-order valence-electron chi connectivity index (χ3n) is 4.78. The molecule has 0 saturated heterocycles. The van der Waals surface area contributed by atoms with Gasteiger partial charge >= 0.3 is 17.3 Å². The van der Waals surface area contributed by atoms with Crippen LogP contribution < -0.4 is 17.8 Å². The zero-order valence-electron chi connectivity index (χ0n) is 16.7. The first-order valence-electron chi connectivity index (χ1n) is 9.30. The number of methoxy groups -OCH3 is 1. The number of hydrogen-bond acceptors (Lipinski definition) is 6. The van der Waals surface area contributed by atoms with Crippen molar-refractivity contribution in [2.75, 3.05) is 7.11 Å². The van der Waals surface area contributed by atoms with E-state index < -0.39 is 23.2 Å². The average molecular weight is 424 g/mol. The molecule has 0 aliphatic carbocycles. The first kappa shape index (κ1) is 20.0. The molecule has 4 rings (SSSR count). The van der Waals surface area contributed by atoms with Crippen LogP contribution in [-0.4, -0.2) is 17.3 Å². The quantitative estimate of drug-likeness (QED) is 0.432. The van der Waals surface area contributed by atoms with Crippen LogP contribution in [-0.2, 0) is 16.2 Å². The van der Waals surface area contributed by atoms with E-state index in [2.05, 4.69) is 0 Å². The smallest absolute Gasteiger partial charge is 0.417 e. The summed E-state index contributed by atoms with van der Waals surface area (Å²) >= 11 is -2.11. The normalized spacial score (nSPS) is 15.8. The number of hydrogen-bond donors (Lipinski definition) is 0. The van der Waals surface area contributed by atoms with Crippen molar-refractivity contribution in [2.45, 2.75) is 19.8 Å². The summed E-state index contributed by atoms with van der Waals surface area (Å²) in [5.41, 5.74) is 3.29. The molecule has 0 radical (unpaired) electrons. The Labute approximate surface area is 177 Å². The molecule has 3 aromatic rings. The van der Waals surface area contributed by atoms with Gasteiger partial charge in [-0.25, -0.2) is 0 Å². The highest BCUT2D eigenvalue weighted by Gasteiger charge is 2.37. The van der Waals surface area contributed by atoms with Gasteiger partial charge in [-0.2, -0.15) is 4.21 Å². The molecule has 0 bridgehead atoms. The molecule has 154 valence electrons. The van der Waals surface area contributed by atoms with Gasteiger partial charge in [-0.15, -0.1) is 0 Å². The van der Waals surface area contributed by atoms with Gasteiger partial charge in [-0.05, 0) is 50.2 Å². The standard InChI is InChI=1S/C23H20O6S/c1-14-4-10-20-18(12-14)22(23(24)27-20)19-13-15(2)5-11-21(19)29-30(25)28-17-8-6-16(26-3)7-9-17/h4-13,22H,1-3H3. The van der Waals surface area contributed by atoms with Crippen LogP contribution in [0, 0.1) is 13.8 Å². The van der Waals surface area contributed by atoms with E-state index in [-0.39, 0.29) is 0 Å². The summed E-state index contributed by atoms with van der Waals surface area (Å²) in [7, 11) is 1.56. The lowest BCUT2D eigenvalue weighted by atomic mass is 9.90. The summed E-state index contributed by atoms with van der Waals surface area (Å²) in [6.45, 7) is 3.86. The van der Waals surface area contributed by atoms with Gasteiger partial charge in [0, 0.05) is 11.1 Å². The summed E-state index contributed by atoms with van der Waals surface area (Å²) in [6.07, 6.45) is 0. The lowest BCUT2D eigenvalue weighted by Crippen LogP contribution is -2.15. The predicted molar refractivity (Wildman–Crippen MR) is 112 cm³/mol. The summed E-state index contributed by atoms with van der Waals surface area (Å²) < 4.78 is 34.0. The van der Waals surface area contributed by atoms with Gasteiger partial charge in [-0.1, -0.05) is 35.4 Å². The van der Waals surface area contributed by atoms with Gasteiger partial charge in [0.05, 0.1) is 7.11 Å². The SMILES string of the molecule is COc1ccc(OS(=O)Oc2ccc(C)cc2C2C(=O)Oc3ccc(C)cc32)cc1. The van der Waals surface area contributed by atoms with Crippen LogP contribution >= 0.6 is 0 Å². The van der Waals surface area contributed by atoms with E-state index in [1.807, 2.05) is 38.1 Å². The largest absolute Gasteiger partial charge is 0.497 e. The Hall–Kier alpha value is -3.32. The maximum Gasteiger partial charge on any atom is 0.417 e. The van der Waals surface area contributed by atoms with E-state index in [0.717, 1.165) is 16.7 Å². The zero-order chi connectivity index (χ0) is 21.3. The summed E-state index contributed by atoms with van der Waals surface area (Å²) in [5, 5.41) is 0. The number of benzene rings is 3. The minimum atomic E-state index is -2.11. The molecule has 6 nitrogen and oxygen atoms in total. The van der Waals surface area contributed by atoms with Crippen LogP contribution in [0.3, 0.4) is 0 Å². The zero-order valence-corrected chi connectivity index (χ0v) is 17.5. The van der Waals surface area contributed by atoms with Crippen LogP contribution in [0.15, 0.2) is 60.7 Å². The molecule has 30 heavy (non-hydrogen) atoms. The van der Waals surface area contributed by atoms with Gasteiger partial charge < -0.3 is 17.8 Å². The Morgan fingerprint density at radius 3 is 2.17 bits per heavy atom. The van der Waals surface area contributed by atoms with Crippen molar-refractivity contribution in [1.29, 1.82) is 0 Å². The molecule has 0 saturated carbocycles. The molecule has 1 heterocycles. The lowest BCUT2D eigenvalue weighted by molar-refractivity contribution is -0.133. The van der Waals surface area contributed by atoms with Gasteiger partial charge in [-0.3, -0.25) is 4.79 Å². The number of carbonyl (C=O) groups is 1. The molecular formula is C23H20O6S. The molecule has 3 aromatic carbocycles. The van der Waals surface area contributed by atoms with Crippen LogP contribution in [0.1, 0.15) is 28.2 Å². The van der Waals surface area contributed by atoms with Crippen molar-refractivity contribution in [3.05, 3.63) is 82.9 Å². The first-order chi connectivity index (χ1) is 14.4. The van der Waals surface area contributed by atoms with Gasteiger partial charge in [0.2, 0.25) is 0 Å². The molecule has 1 aliphatic heterocycles. The number of esters is 1. The Balaban J connectivity index is 1.62. The Morgan fingerprint density at radius 1 is 0.833 bits per heavy atom. The van der Waals surface area contributed by atoms with E-state index in [1.54, 1.807) is 43.5 Å². The van der Waals surface area contributed by atoms with Gasteiger partial charge in [0.15, 0.2) is 0 Å². The second-order valence-corrected chi connectivity index (χ2v) is 7.72. The topological polar surface area (TPSA) is 71.1 Å². The predicted octanol–water partition coefficient (Wildman–Crippen LogP) is 4.40. The van der Waals surface area contributed by atoms with Crippen LogP contribution in [0.5, 0.6) is 23.0 Å². The highest BCUT2D eigenvalue weighted by molar-refractivity contribution is 7.75. The summed E-state index contributed by atoms with van der Waals surface area (Å²) in [4.78, 5) is 12.6. The molecule has 0 aromatic heterocycles. The monoisotopic (exact) mass is 424 g/mol. The average Bonchev–Trinajstić information content (AvgIpc) is 3.04. The Bertz CT molecular complexity index is 1120. The third-order valence-corrected chi connectivity index (χ3v) is 5.42. The number of carbonyl (C=O) groups excluding carboxylic acids is 1. The molecule has 7 heteroatoms. The highest BCUT2D eigenvalue weighted by atomic mass is 32.2. The highest BCUT2D eigenvalue weighted by Crippen LogP contribution is 2.43. The van der Waals surface area contributed by atoms with E-state index >= 15 is 0 Å². The van der Waals surface area contributed by atoms with Gasteiger partial charge in [0.1, 0.15) is 28.9 Å². The van der Waals surface area contributed by atoms with E-state index in [9.17, 15) is 9.00 Å². The fourth-order valence-electron chi connectivity index (χ4n) is 3.34. The van der Waals surface area contributed by atoms with Crippen LogP contribution in [0.25, 0.3) is 0 Å². The van der Waals surface area contributed by atoms with Crippen molar-refractivity contribution in [1.82, 2.24) is 0 Å². The Kier molecular flexibility index (Phi) is 5.46. The fourth-order valence-corrected chi connectivity index (χ4v) is 3.95. The number of rotatable bonds is 6. The molecular weight excluding hydrogens is 404 g/mol. The van der Waals surface area contributed by atoms with Crippen molar-refractivity contribution in [2.24, 2.45) is 0 Å². The lowest BCUT2D eigenvalue weighted by Gasteiger charge is -2.15. The third kappa shape index (κ3) is 4.02. The fraction of sp³-hybridized carbons (Fsp3) is 0.174. The van der Waals surface area contributed by atoms with Crippen molar-refractivity contribution >= 4 is 17.3 Å². The number of fused-ring (bicyclic) bond motifs is 1. The summed E-state index contributed by atoms with van der Waals surface area (Å²) in [6, 6.07) is 17.6. The maximum atomic E-state index is 12.6. The molecule has 1 aliphatic rings. The van der Waals surface area contributed by atoms with E-state index in [0.29, 0.717) is 28.6 Å². The summed E-state index contributed by atoms with van der Waals surface area (Å²) in [5.74, 6) is 0.788. The number of ether oxygens (including phenoxy) is 2. The van der Waals surface area contributed by atoms with Crippen molar-refractivity contribution in [3.63, 3.8) is 0 Å². The minimum absolute atomic E-state index is 0.295. The number of aryl methyl sites for hydroxylation is 2. The molecule has 0 fully saturated rings. The molecule has 0 amide bonds. The van der Waals surface area contributed by atoms with Crippen LogP contribution in [0.4, 0.5) is 0 Å². The van der Waals surface area contributed by atoms with Crippen molar-refractivity contribution in [3.8, 4) is 23.0 Å². The second kappa shape index (κ2) is 8.20. The van der Waals surface area contributed by atoms with Crippen molar-refractivity contribution < 1.29 is 26.8 Å². The second-order valence-electron chi connectivity index (χ2n) is 6.98. The van der Waals surface area contributed by atoms with E-state index in [4.69, 9.17) is 17.8 Å². The first-order valence-corrected chi connectivity index (χ1v) is 10.3. The molecule has 0 spiro atoms. The van der Waals surface area contributed by atoms with E-state index in [1.165, 1.54) is 0 Å². The van der Waals surface area contributed by atoms with Crippen LogP contribution in [0.2, 0.25) is 0 Å². The minimum Gasteiger partial charge on any atom is -0.497 e. The molecule has 2 unspecified atom stereocenters.